The lowest BCUT2D eigenvalue weighted by Crippen LogP contribution is -2.07. The Morgan fingerprint density at radius 3 is 2.48 bits per heavy atom. The van der Waals surface area contributed by atoms with Crippen molar-refractivity contribution >= 4 is 11.5 Å². The van der Waals surface area contributed by atoms with E-state index in [0.29, 0.717) is 24.0 Å². The number of ether oxygens (including phenoxy) is 1. The number of halogens is 2. The molecule has 118 valence electrons. The van der Waals surface area contributed by atoms with E-state index in [4.69, 9.17) is 9.84 Å². The van der Waals surface area contributed by atoms with Crippen LogP contribution in [-0.4, -0.2) is 18.2 Å². The summed E-state index contributed by atoms with van der Waals surface area (Å²) in [6.07, 6.45) is 3.08. The molecule has 0 unspecified atom stereocenters. The number of benzene rings is 2. The van der Waals surface area contributed by atoms with Crippen molar-refractivity contribution in [3.63, 3.8) is 0 Å². The zero-order valence-electron chi connectivity index (χ0n) is 12.4. The highest BCUT2D eigenvalue weighted by Gasteiger charge is 2.22. The standard InChI is InChI=1S/C18H14F2O3/c1-23-12-8-15(19)17(16(20)9-12)13-4-2-3-10-5-6-11(18(21)22)7-14(10)13/h4-9H,2-3H2,1H3,(H,21,22). The van der Waals surface area contributed by atoms with Crippen molar-refractivity contribution in [1.82, 2.24) is 0 Å². The summed E-state index contributed by atoms with van der Waals surface area (Å²) in [7, 11) is 1.34. The highest BCUT2D eigenvalue weighted by molar-refractivity contribution is 5.91. The molecule has 0 atom stereocenters. The number of carbonyl (C=O) groups is 1. The van der Waals surface area contributed by atoms with E-state index < -0.39 is 17.6 Å². The molecule has 0 fully saturated rings. The van der Waals surface area contributed by atoms with Crippen LogP contribution >= 0.6 is 0 Å². The predicted molar refractivity (Wildman–Crippen MR) is 81.7 cm³/mol. The third-order valence-corrected chi connectivity index (χ3v) is 3.93. The van der Waals surface area contributed by atoms with E-state index in [0.717, 1.165) is 17.7 Å². The second kappa shape index (κ2) is 5.83. The molecule has 5 heteroatoms. The van der Waals surface area contributed by atoms with Gasteiger partial charge < -0.3 is 9.84 Å². The summed E-state index contributed by atoms with van der Waals surface area (Å²) in [6, 6.07) is 6.91. The average Bonchev–Trinajstić information content (AvgIpc) is 2.53. The van der Waals surface area contributed by atoms with Crippen LogP contribution in [0.4, 0.5) is 8.78 Å². The Labute approximate surface area is 131 Å². The molecule has 3 rings (SSSR count). The average molecular weight is 316 g/mol. The summed E-state index contributed by atoms with van der Waals surface area (Å²) >= 11 is 0. The van der Waals surface area contributed by atoms with Gasteiger partial charge in [0.05, 0.1) is 18.2 Å². The predicted octanol–water partition coefficient (Wildman–Crippen LogP) is 4.05. The Hall–Kier alpha value is -2.69. The van der Waals surface area contributed by atoms with Crippen molar-refractivity contribution in [3.05, 3.63) is 70.3 Å². The lowest BCUT2D eigenvalue weighted by molar-refractivity contribution is 0.0697. The molecule has 0 spiro atoms. The number of aryl methyl sites for hydroxylation is 1. The van der Waals surface area contributed by atoms with E-state index in [-0.39, 0.29) is 16.9 Å². The topological polar surface area (TPSA) is 46.5 Å². The molecule has 0 aromatic heterocycles. The highest BCUT2D eigenvalue weighted by Crippen LogP contribution is 2.36. The van der Waals surface area contributed by atoms with Crippen LogP contribution in [0.25, 0.3) is 5.57 Å². The monoisotopic (exact) mass is 316 g/mol. The van der Waals surface area contributed by atoms with E-state index in [2.05, 4.69) is 0 Å². The number of allylic oxidation sites excluding steroid dienone is 1. The lowest BCUT2D eigenvalue weighted by Gasteiger charge is -2.20. The fraction of sp³-hybridized carbons (Fsp3) is 0.167. The van der Waals surface area contributed by atoms with E-state index >= 15 is 0 Å². The first-order valence-electron chi connectivity index (χ1n) is 7.11. The van der Waals surface area contributed by atoms with Crippen LogP contribution < -0.4 is 4.74 Å². The number of carboxylic acids is 1. The summed E-state index contributed by atoms with van der Waals surface area (Å²) in [5.41, 5.74) is 1.74. The van der Waals surface area contributed by atoms with E-state index in [1.165, 1.54) is 19.2 Å². The molecule has 0 saturated heterocycles. The molecular weight excluding hydrogens is 302 g/mol. The molecule has 0 saturated carbocycles. The molecule has 2 aromatic rings. The van der Waals surface area contributed by atoms with Crippen molar-refractivity contribution in [2.24, 2.45) is 0 Å². The van der Waals surface area contributed by atoms with Crippen LogP contribution in [0.5, 0.6) is 5.75 Å². The Bertz CT molecular complexity index is 802. The van der Waals surface area contributed by atoms with Crippen molar-refractivity contribution in [2.75, 3.05) is 7.11 Å². The van der Waals surface area contributed by atoms with Gasteiger partial charge in [-0.05, 0) is 41.7 Å². The second-order valence-corrected chi connectivity index (χ2v) is 5.30. The minimum absolute atomic E-state index is 0.0888. The Kier molecular flexibility index (Phi) is 3.86. The first-order valence-corrected chi connectivity index (χ1v) is 7.11. The van der Waals surface area contributed by atoms with Crippen LogP contribution in [0, 0.1) is 11.6 Å². The fourth-order valence-electron chi connectivity index (χ4n) is 2.82. The second-order valence-electron chi connectivity index (χ2n) is 5.30. The largest absolute Gasteiger partial charge is 0.497 e. The minimum Gasteiger partial charge on any atom is -0.497 e. The molecule has 1 N–H and O–H groups in total. The summed E-state index contributed by atoms with van der Waals surface area (Å²) in [6.45, 7) is 0. The number of hydrogen-bond donors (Lipinski definition) is 1. The summed E-state index contributed by atoms with van der Waals surface area (Å²) in [4.78, 5) is 11.2. The number of aromatic carboxylic acids is 1. The quantitative estimate of drug-likeness (QED) is 0.929. The molecular formula is C18H14F2O3. The number of rotatable bonds is 3. The SMILES string of the molecule is COc1cc(F)c(C2=CCCc3ccc(C(=O)O)cc32)c(F)c1. The maximum atomic E-state index is 14.4. The van der Waals surface area contributed by atoms with Crippen molar-refractivity contribution in [2.45, 2.75) is 12.8 Å². The van der Waals surface area contributed by atoms with Crippen molar-refractivity contribution in [3.8, 4) is 5.75 Å². The van der Waals surface area contributed by atoms with Crippen LogP contribution in [-0.2, 0) is 6.42 Å². The molecule has 0 aliphatic heterocycles. The normalized spacial score (nSPS) is 13.3. The number of fused-ring (bicyclic) bond motifs is 1. The van der Waals surface area contributed by atoms with Gasteiger partial charge in [-0.3, -0.25) is 0 Å². The number of methoxy groups -OCH3 is 1. The molecule has 0 amide bonds. The number of hydrogen-bond acceptors (Lipinski definition) is 2. The van der Waals surface area contributed by atoms with Crippen LogP contribution in [0.1, 0.15) is 33.5 Å². The molecule has 0 heterocycles. The van der Waals surface area contributed by atoms with Gasteiger partial charge in [0, 0.05) is 12.1 Å². The van der Waals surface area contributed by atoms with Gasteiger partial charge in [-0.1, -0.05) is 12.1 Å². The highest BCUT2D eigenvalue weighted by atomic mass is 19.1. The summed E-state index contributed by atoms with van der Waals surface area (Å²) in [5, 5.41) is 9.14. The van der Waals surface area contributed by atoms with Crippen LogP contribution in [0.3, 0.4) is 0 Å². The van der Waals surface area contributed by atoms with Gasteiger partial charge in [0.2, 0.25) is 0 Å². The summed E-state index contributed by atoms with van der Waals surface area (Å²) in [5.74, 6) is -2.45. The van der Waals surface area contributed by atoms with Crippen molar-refractivity contribution in [1.29, 1.82) is 0 Å². The van der Waals surface area contributed by atoms with Crippen molar-refractivity contribution < 1.29 is 23.4 Å². The Balaban J connectivity index is 2.18. The first-order chi connectivity index (χ1) is 11.0. The summed E-state index contributed by atoms with van der Waals surface area (Å²) < 4.78 is 33.6. The van der Waals surface area contributed by atoms with Gasteiger partial charge in [0.15, 0.2) is 0 Å². The zero-order chi connectivity index (χ0) is 16.6. The molecule has 3 nitrogen and oxygen atoms in total. The molecule has 23 heavy (non-hydrogen) atoms. The molecule has 0 radical (unpaired) electrons. The molecule has 2 aromatic carbocycles. The molecule has 1 aliphatic rings. The van der Waals surface area contributed by atoms with E-state index in [1.807, 2.05) is 0 Å². The Morgan fingerprint density at radius 1 is 1.17 bits per heavy atom. The minimum atomic E-state index is -1.08. The smallest absolute Gasteiger partial charge is 0.335 e. The van der Waals surface area contributed by atoms with Gasteiger partial charge in [-0.2, -0.15) is 0 Å². The first kappa shape index (κ1) is 15.2. The third-order valence-electron chi connectivity index (χ3n) is 3.93. The maximum Gasteiger partial charge on any atom is 0.335 e. The van der Waals surface area contributed by atoms with Gasteiger partial charge >= 0.3 is 5.97 Å². The third kappa shape index (κ3) is 2.70. The van der Waals surface area contributed by atoms with Crippen LogP contribution in [0.2, 0.25) is 0 Å². The molecule has 0 bridgehead atoms. The van der Waals surface area contributed by atoms with Gasteiger partial charge in [0.1, 0.15) is 17.4 Å². The maximum absolute atomic E-state index is 14.4. The number of carboxylic acid groups (broad SMARTS) is 1. The fourth-order valence-corrected chi connectivity index (χ4v) is 2.82. The molecule has 1 aliphatic carbocycles. The van der Waals surface area contributed by atoms with Gasteiger partial charge in [-0.25, -0.2) is 13.6 Å². The van der Waals surface area contributed by atoms with Gasteiger partial charge in [-0.15, -0.1) is 0 Å². The zero-order valence-corrected chi connectivity index (χ0v) is 12.4. The lowest BCUT2D eigenvalue weighted by atomic mass is 9.85. The Morgan fingerprint density at radius 2 is 1.87 bits per heavy atom. The van der Waals surface area contributed by atoms with Gasteiger partial charge in [0.25, 0.3) is 0 Å². The van der Waals surface area contributed by atoms with E-state index in [1.54, 1.807) is 12.1 Å². The van der Waals surface area contributed by atoms with Crippen LogP contribution in [0.15, 0.2) is 36.4 Å². The van der Waals surface area contributed by atoms with E-state index in [9.17, 15) is 13.6 Å².